The van der Waals surface area contributed by atoms with Crippen molar-refractivity contribution in [1.82, 2.24) is 0 Å². The molecular weight excluding hydrogens is 328 g/mol. The number of rotatable bonds is 14. The highest BCUT2D eigenvalue weighted by atomic mass is 16.3. The van der Waals surface area contributed by atoms with E-state index in [4.69, 9.17) is 0 Å². The van der Waals surface area contributed by atoms with E-state index in [0.717, 1.165) is 18.3 Å². The molecule has 27 heavy (non-hydrogen) atoms. The molecule has 0 atom stereocenters. The Balaban J connectivity index is 1.31. The van der Waals surface area contributed by atoms with E-state index in [9.17, 15) is 5.11 Å². The molecule has 3 rings (SSSR count). The average Bonchev–Trinajstić information content (AvgIpc) is 3.56. The highest BCUT2D eigenvalue weighted by Gasteiger charge is 2.36. The fraction of sp³-hybridized carbons (Fsp3) is 0.769. The Bertz CT molecular complexity index is 580. The Morgan fingerprint density at radius 2 is 1.22 bits per heavy atom. The molecule has 0 unspecified atom stereocenters. The van der Waals surface area contributed by atoms with Crippen molar-refractivity contribution in [1.29, 1.82) is 0 Å². The standard InChI is InChI=1S/C26H42O/c1-25(18-19-25)16-9-5-3-7-12-22-13-11-15-24(27)23(22)14-8-4-6-10-17-26(2)20-21-26/h11,13,15,27H,3-10,12,14,16-21H2,1-2H3. The minimum absolute atomic E-state index is 0.527. The minimum Gasteiger partial charge on any atom is -0.508 e. The summed E-state index contributed by atoms with van der Waals surface area (Å²) in [6.45, 7) is 4.88. The summed E-state index contributed by atoms with van der Waals surface area (Å²) in [5, 5.41) is 10.3. The van der Waals surface area contributed by atoms with Crippen LogP contribution in [0.4, 0.5) is 0 Å². The van der Waals surface area contributed by atoms with Gasteiger partial charge in [0.1, 0.15) is 5.75 Å². The van der Waals surface area contributed by atoms with E-state index in [1.54, 1.807) is 0 Å². The van der Waals surface area contributed by atoms with Gasteiger partial charge >= 0.3 is 0 Å². The van der Waals surface area contributed by atoms with Crippen LogP contribution in [-0.4, -0.2) is 5.11 Å². The van der Waals surface area contributed by atoms with Crippen molar-refractivity contribution in [3.05, 3.63) is 29.3 Å². The second kappa shape index (κ2) is 9.48. The molecule has 0 aliphatic heterocycles. The summed E-state index contributed by atoms with van der Waals surface area (Å²) >= 11 is 0. The summed E-state index contributed by atoms with van der Waals surface area (Å²) in [5.74, 6) is 0.527. The van der Waals surface area contributed by atoms with E-state index in [0.29, 0.717) is 11.2 Å². The molecule has 0 amide bonds. The Labute approximate surface area is 168 Å². The van der Waals surface area contributed by atoms with Crippen LogP contribution in [0.1, 0.15) is 115 Å². The molecule has 2 saturated carbocycles. The topological polar surface area (TPSA) is 20.2 Å². The average molecular weight is 371 g/mol. The first-order valence-electron chi connectivity index (χ1n) is 11.8. The number of hydrogen-bond donors (Lipinski definition) is 1. The van der Waals surface area contributed by atoms with Gasteiger partial charge in [0.05, 0.1) is 0 Å². The minimum atomic E-state index is 0.527. The van der Waals surface area contributed by atoms with Gasteiger partial charge in [0.2, 0.25) is 0 Å². The molecule has 0 saturated heterocycles. The third kappa shape index (κ3) is 7.16. The lowest BCUT2D eigenvalue weighted by molar-refractivity contribution is 0.458. The van der Waals surface area contributed by atoms with Crippen LogP contribution in [0.15, 0.2) is 18.2 Å². The fourth-order valence-corrected chi connectivity index (χ4v) is 4.50. The van der Waals surface area contributed by atoms with Crippen molar-refractivity contribution in [3.63, 3.8) is 0 Å². The smallest absolute Gasteiger partial charge is 0.119 e. The molecular formula is C26H42O. The third-order valence-corrected chi connectivity index (χ3v) is 7.39. The Morgan fingerprint density at radius 3 is 1.78 bits per heavy atom. The molecule has 0 heterocycles. The lowest BCUT2D eigenvalue weighted by Gasteiger charge is -2.12. The van der Waals surface area contributed by atoms with Crippen molar-refractivity contribution in [2.24, 2.45) is 10.8 Å². The molecule has 0 bridgehead atoms. The number of phenolic OH excluding ortho intramolecular Hbond substituents is 1. The SMILES string of the molecule is CC1(CCCCCCc2cccc(O)c2CCCCCCC2(C)CC2)CC1. The zero-order chi connectivity index (χ0) is 19.2. The number of hydrogen-bond acceptors (Lipinski definition) is 1. The zero-order valence-electron chi connectivity index (χ0n) is 18.0. The molecule has 1 aromatic carbocycles. The maximum Gasteiger partial charge on any atom is 0.119 e. The van der Waals surface area contributed by atoms with Gasteiger partial charge in [0.25, 0.3) is 0 Å². The van der Waals surface area contributed by atoms with E-state index < -0.39 is 0 Å². The maximum atomic E-state index is 10.3. The monoisotopic (exact) mass is 370 g/mol. The van der Waals surface area contributed by atoms with E-state index in [1.807, 2.05) is 12.1 Å². The van der Waals surface area contributed by atoms with Crippen molar-refractivity contribution < 1.29 is 5.11 Å². The van der Waals surface area contributed by atoms with Crippen molar-refractivity contribution >= 4 is 0 Å². The van der Waals surface area contributed by atoms with Crippen molar-refractivity contribution in [2.75, 3.05) is 0 Å². The van der Waals surface area contributed by atoms with Crippen LogP contribution in [0.25, 0.3) is 0 Å². The first-order valence-corrected chi connectivity index (χ1v) is 11.8. The van der Waals surface area contributed by atoms with E-state index in [2.05, 4.69) is 19.9 Å². The normalized spacial score (nSPS) is 19.2. The number of benzene rings is 1. The van der Waals surface area contributed by atoms with Crippen LogP contribution in [-0.2, 0) is 12.8 Å². The molecule has 2 aliphatic rings. The van der Waals surface area contributed by atoms with Crippen LogP contribution >= 0.6 is 0 Å². The van der Waals surface area contributed by atoms with Crippen LogP contribution in [0.3, 0.4) is 0 Å². The lowest BCUT2D eigenvalue weighted by atomic mass is 9.94. The summed E-state index contributed by atoms with van der Waals surface area (Å²) in [6, 6.07) is 6.15. The summed E-state index contributed by atoms with van der Waals surface area (Å²) in [6.07, 6.45) is 21.5. The Hall–Kier alpha value is -0.980. The second-order valence-corrected chi connectivity index (χ2v) is 10.4. The first kappa shape index (κ1) is 20.7. The van der Waals surface area contributed by atoms with Crippen molar-refractivity contribution in [3.8, 4) is 5.75 Å². The quantitative estimate of drug-likeness (QED) is 0.329. The number of aryl methyl sites for hydroxylation is 1. The third-order valence-electron chi connectivity index (χ3n) is 7.39. The van der Waals surface area contributed by atoms with Gasteiger partial charge in [-0.3, -0.25) is 0 Å². The number of unbranched alkanes of at least 4 members (excludes halogenated alkanes) is 6. The molecule has 1 N–H and O–H groups in total. The van der Waals surface area contributed by atoms with Crippen molar-refractivity contribution in [2.45, 2.75) is 117 Å². The zero-order valence-corrected chi connectivity index (χ0v) is 18.0. The molecule has 0 radical (unpaired) electrons. The van der Waals surface area contributed by atoms with Gasteiger partial charge in [0.15, 0.2) is 0 Å². The maximum absolute atomic E-state index is 10.3. The molecule has 2 fully saturated rings. The van der Waals surface area contributed by atoms with E-state index in [-0.39, 0.29) is 0 Å². The Kier molecular flexibility index (Phi) is 7.29. The van der Waals surface area contributed by atoms with Gasteiger partial charge in [-0.1, -0.05) is 64.5 Å². The van der Waals surface area contributed by atoms with Crippen LogP contribution in [0.5, 0.6) is 5.75 Å². The van der Waals surface area contributed by atoms with Crippen LogP contribution in [0.2, 0.25) is 0 Å². The van der Waals surface area contributed by atoms with Gasteiger partial charge in [-0.15, -0.1) is 0 Å². The Morgan fingerprint density at radius 1 is 0.704 bits per heavy atom. The molecule has 152 valence electrons. The number of aromatic hydroxyl groups is 1. The highest BCUT2D eigenvalue weighted by Crippen LogP contribution is 2.49. The summed E-state index contributed by atoms with van der Waals surface area (Å²) in [4.78, 5) is 0. The lowest BCUT2D eigenvalue weighted by Crippen LogP contribution is -1.97. The summed E-state index contributed by atoms with van der Waals surface area (Å²) in [7, 11) is 0. The van der Waals surface area contributed by atoms with Gasteiger partial charge < -0.3 is 5.11 Å². The van der Waals surface area contributed by atoms with Gasteiger partial charge in [-0.05, 0) is 92.2 Å². The molecule has 1 aromatic rings. The number of phenols is 1. The van der Waals surface area contributed by atoms with Crippen LogP contribution < -0.4 is 0 Å². The highest BCUT2D eigenvalue weighted by molar-refractivity contribution is 5.39. The van der Waals surface area contributed by atoms with Gasteiger partial charge in [0, 0.05) is 0 Å². The first-order chi connectivity index (χ1) is 13.0. The molecule has 0 spiro atoms. The van der Waals surface area contributed by atoms with E-state index >= 15 is 0 Å². The van der Waals surface area contributed by atoms with E-state index in [1.165, 1.54) is 101 Å². The molecule has 0 aromatic heterocycles. The molecule has 1 heteroatoms. The summed E-state index contributed by atoms with van der Waals surface area (Å²) < 4.78 is 0. The predicted octanol–water partition coefficient (Wildman–Crippen LogP) is 7.98. The summed E-state index contributed by atoms with van der Waals surface area (Å²) in [5.41, 5.74) is 4.06. The predicted molar refractivity (Wildman–Crippen MR) is 116 cm³/mol. The van der Waals surface area contributed by atoms with Gasteiger partial charge in [-0.2, -0.15) is 0 Å². The molecule has 2 aliphatic carbocycles. The van der Waals surface area contributed by atoms with Crippen LogP contribution in [0, 0.1) is 10.8 Å². The van der Waals surface area contributed by atoms with Gasteiger partial charge in [-0.25, -0.2) is 0 Å². The molecule has 1 nitrogen and oxygen atoms in total. The largest absolute Gasteiger partial charge is 0.508 e. The second-order valence-electron chi connectivity index (χ2n) is 10.4. The fourth-order valence-electron chi connectivity index (χ4n) is 4.50.